The van der Waals surface area contributed by atoms with Gasteiger partial charge in [0.2, 0.25) is 5.91 Å². The Morgan fingerprint density at radius 3 is 2.14 bits per heavy atom. The monoisotopic (exact) mass is 538 g/mol. The van der Waals surface area contributed by atoms with Gasteiger partial charge in [-0.3, -0.25) is 4.79 Å². The number of rotatable bonds is 4. The molecule has 0 saturated carbocycles. The van der Waals surface area contributed by atoms with E-state index < -0.39 is 53.6 Å². The normalized spacial score (nSPS) is 22.3. The van der Waals surface area contributed by atoms with E-state index in [0.717, 1.165) is 11.1 Å². The lowest BCUT2D eigenvalue weighted by atomic mass is 9.77. The maximum absolute atomic E-state index is 14.4. The summed E-state index contributed by atoms with van der Waals surface area (Å²) in [6, 6.07) is 4.88. The third kappa shape index (κ3) is 5.11. The first-order chi connectivity index (χ1) is 17.0. The number of nitrogens with one attached hydrogen (secondary N) is 1. The van der Waals surface area contributed by atoms with Crippen LogP contribution in [-0.2, 0) is 29.0 Å². The minimum atomic E-state index is -5.26. The van der Waals surface area contributed by atoms with E-state index >= 15 is 0 Å². The fraction of sp³-hybridized carbons (Fsp3) is 0.480. The van der Waals surface area contributed by atoms with Crippen LogP contribution in [-0.4, -0.2) is 25.2 Å². The van der Waals surface area contributed by atoms with Crippen LogP contribution >= 0.6 is 0 Å². The van der Waals surface area contributed by atoms with Crippen molar-refractivity contribution < 1.29 is 44.3 Å². The predicted molar refractivity (Wildman–Crippen MR) is 117 cm³/mol. The number of aryl methyl sites for hydroxylation is 1. The highest BCUT2D eigenvalue weighted by atomic mass is 19.4. The number of amides is 1. The zero-order valence-corrected chi connectivity index (χ0v) is 19.5. The zero-order valence-electron chi connectivity index (χ0n) is 19.5. The van der Waals surface area contributed by atoms with Crippen LogP contribution in [0.4, 0.5) is 45.2 Å². The third-order valence-corrected chi connectivity index (χ3v) is 7.18. The number of alkyl halides is 9. The van der Waals surface area contributed by atoms with E-state index in [4.69, 9.17) is 0 Å². The minimum Gasteiger partial charge on any atom is -0.370 e. The number of hydrogen-bond donors (Lipinski definition) is 1. The maximum atomic E-state index is 14.4. The average Bonchev–Trinajstić information content (AvgIpc) is 3.43. The number of fused-ring (bicyclic) bond motifs is 1. The molecule has 0 aromatic heterocycles. The van der Waals surface area contributed by atoms with Gasteiger partial charge in [-0.2, -0.15) is 39.5 Å². The van der Waals surface area contributed by atoms with Crippen LogP contribution in [0.25, 0.3) is 0 Å². The van der Waals surface area contributed by atoms with Gasteiger partial charge in [0.05, 0.1) is 17.2 Å². The quantitative estimate of drug-likeness (QED) is 0.428. The summed E-state index contributed by atoms with van der Waals surface area (Å²) in [5.74, 6) is -0.143. The summed E-state index contributed by atoms with van der Waals surface area (Å²) in [7, 11) is 0. The molecule has 0 spiro atoms. The molecule has 0 radical (unpaired) electrons. The van der Waals surface area contributed by atoms with Crippen LogP contribution < -0.4 is 10.2 Å². The number of hydrogen-bond acceptors (Lipinski definition) is 2. The molecule has 2 aliphatic rings. The van der Waals surface area contributed by atoms with Crippen LogP contribution in [0.15, 0.2) is 36.4 Å². The van der Waals surface area contributed by atoms with Crippen molar-refractivity contribution in [3.8, 4) is 0 Å². The molecule has 1 fully saturated rings. The summed E-state index contributed by atoms with van der Waals surface area (Å²) in [5.41, 5.74) is -5.51. The van der Waals surface area contributed by atoms with Gasteiger partial charge in [-0.05, 0) is 66.3 Å². The molecule has 2 atom stereocenters. The summed E-state index contributed by atoms with van der Waals surface area (Å²) >= 11 is 0. The Balaban J connectivity index is 1.71. The number of nitrogens with zero attached hydrogens (tertiary/aromatic N) is 1. The Labute approximate surface area is 206 Å². The summed E-state index contributed by atoms with van der Waals surface area (Å²) in [6.45, 7) is 0.659. The van der Waals surface area contributed by atoms with Crippen molar-refractivity contribution in [1.29, 1.82) is 0 Å². The van der Waals surface area contributed by atoms with Gasteiger partial charge in [0.15, 0.2) is 0 Å². The molecule has 2 aromatic rings. The fourth-order valence-electron chi connectivity index (χ4n) is 5.14. The second-order valence-corrected chi connectivity index (χ2v) is 9.44. The van der Waals surface area contributed by atoms with Crippen LogP contribution in [0.5, 0.6) is 0 Å². The molecule has 1 heterocycles. The molecular formula is C25H23F9N2O. The Bertz CT molecular complexity index is 1150. The maximum Gasteiger partial charge on any atom is 0.416 e. The third-order valence-electron chi connectivity index (χ3n) is 7.18. The Morgan fingerprint density at radius 2 is 1.59 bits per heavy atom. The largest absolute Gasteiger partial charge is 0.416 e. The summed E-state index contributed by atoms with van der Waals surface area (Å²) in [5, 5.41) is 2.88. The Hall–Kier alpha value is -2.92. The number of anilines is 1. The van der Waals surface area contributed by atoms with Gasteiger partial charge in [-0.25, -0.2) is 0 Å². The second-order valence-electron chi connectivity index (χ2n) is 9.44. The second kappa shape index (κ2) is 9.13. The lowest BCUT2D eigenvalue weighted by Gasteiger charge is -2.33. The van der Waals surface area contributed by atoms with Gasteiger partial charge in [0, 0.05) is 25.2 Å². The van der Waals surface area contributed by atoms with Gasteiger partial charge in [-0.1, -0.05) is 13.0 Å². The topological polar surface area (TPSA) is 32.3 Å². The van der Waals surface area contributed by atoms with Gasteiger partial charge >= 0.3 is 18.5 Å². The smallest absolute Gasteiger partial charge is 0.370 e. The van der Waals surface area contributed by atoms with Gasteiger partial charge < -0.3 is 10.2 Å². The van der Waals surface area contributed by atoms with E-state index in [0.29, 0.717) is 24.9 Å². The number of carbonyl (C=O) groups excluding carboxylic acids is 1. The molecule has 0 bridgehead atoms. The van der Waals surface area contributed by atoms with Crippen molar-refractivity contribution in [3.05, 3.63) is 64.2 Å². The molecule has 1 amide bonds. The zero-order chi connectivity index (χ0) is 27.4. The number of benzene rings is 2. The molecule has 37 heavy (non-hydrogen) atoms. The fourth-order valence-corrected chi connectivity index (χ4v) is 5.14. The van der Waals surface area contributed by atoms with Crippen molar-refractivity contribution in [2.45, 2.75) is 62.6 Å². The van der Waals surface area contributed by atoms with Crippen LogP contribution in [0.2, 0.25) is 0 Å². The lowest BCUT2D eigenvalue weighted by Crippen LogP contribution is -2.45. The molecule has 1 aliphatic heterocycles. The first-order valence-corrected chi connectivity index (χ1v) is 11.6. The summed E-state index contributed by atoms with van der Waals surface area (Å²) in [4.78, 5) is 13.1. The molecule has 2 aromatic carbocycles. The molecule has 3 nitrogen and oxygen atoms in total. The lowest BCUT2D eigenvalue weighted by molar-refractivity contribution is -0.185. The summed E-state index contributed by atoms with van der Waals surface area (Å²) < 4.78 is 123. The van der Waals surface area contributed by atoms with E-state index in [2.05, 4.69) is 5.32 Å². The highest BCUT2D eigenvalue weighted by molar-refractivity contribution is 5.76. The van der Waals surface area contributed by atoms with E-state index in [-0.39, 0.29) is 36.7 Å². The highest BCUT2D eigenvalue weighted by Crippen LogP contribution is 2.51. The Morgan fingerprint density at radius 1 is 0.973 bits per heavy atom. The van der Waals surface area contributed by atoms with E-state index in [1.807, 2.05) is 0 Å². The first kappa shape index (κ1) is 27.1. The molecule has 1 aliphatic carbocycles. The molecule has 4 rings (SSSR count). The van der Waals surface area contributed by atoms with Crippen molar-refractivity contribution in [1.82, 2.24) is 5.32 Å². The molecule has 202 valence electrons. The molecule has 1 saturated heterocycles. The van der Waals surface area contributed by atoms with E-state index in [1.54, 1.807) is 25.1 Å². The van der Waals surface area contributed by atoms with Gasteiger partial charge in [-0.15, -0.1) is 0 Å². The van der Waals surface area contributed by atoms with Crippen molar-refractivity contribution in [2.24, 2.45) is 0 Å². The SMILES string of the molecule is CCC(=O)N[C@@H]1CCc2cc(N3CC[C@](c4cc(C(F)(F)F)cc(C(F)(F)F)c4)(C(F)(F)F)C3)ccc21. The van der Waals surface area contributed by atoms with E-state index in [9.17, 15) is 44.3 Å². The van der Waals surface area contributed by atoms with Crippen LogP contribution in [0.3, 0.4) is 0 Å². The number of halogens is 9. The van der Waals surface area contributed by atoms with E-state index in [1.165, 1.54) is 4.90 Å². The Kier molecular flexibility index (Phi) is 6.69. The molecular weight excluding hydrogens is 515 g/mol. The summed E-state index contributed by atoms with van der Waals surface area (Å²) in [6.07, 6.45) is -14.9. The molecule has 0 unspecified atom stereocenters. The van der Waals surface area contributed by atoms with Gasteiger partial charge in [0.25, 0.3) is 0 Å². The van der Waals surface area contributed by atoms with Crippen LogP contribution in [0.1, 0.15) is 60.0 Å². The van der Waals surface area contributed by atoms with Crippen molar-refractivity contribution in [3.63, 3.8) is 0 Å². The van der Waals surface area contributed by atoms with Gasteiger partial charge in [0.1, 0.15) is 5.41 Å². The standard InChI is InChI=1S/C25H23F9N2O/c1-2-21(37)35-20-6-3-14-9-18(4-5-19(14)20)36-8-7-22(13-36,25(32,33)34)15-10-16(23(26,27)28)12-17(11-15)24(29,30)31/h4-5,9-12,20H,2-3,6-8,13H2,1H3,(H,35,37)/t20-,22+/m1/s1. The minimum absolute atomic E-state index is 0.143. The molecule has 12 heteroatoms. The highest BCUT2D eigenvalue weighted by Gasteiger charge is 2.60. The predicted octanol–water partition coefficient (Wildman–Crippen LogP) is 6.95. The average molecular weight is 538 g/mol. The molecule has 1 N–H and O–H groups in total. The van der Waals surface area contributed by atoms with Crippen molar-refractivity contribution >= 4 is 11.6 Å². The number of carbonyl (C=O) groups is 1. The van der Waals surface area contributed by atoms with Crippen molar-refractivity contribution in [2.75, 3.05) is 18.0 Å². The van der Waals surface area contributed by atoms with Crippen LogP contribution in [0, 0.1) is 0 Å². The first-order valence-electron chi connectivity index (χ1n) is 11.6.